The van der Waals surface area contributed by atoms with Gasteiger partial charge in [0.15, 0.2) is 0 Å². The lowest BCUT2D eigenvalue weighted by molar-refractivity contribution is 0.0932. The lowest BCUT2D eigenvalue weighted by Gasteiger charge is -2.28. The van der Waals surface area contributed by atoms with Gasteiger partial charge < -0.3 is 10.1 Å². The van der Waals surface area contributed by atoms with Gasteiger partial charge in [0.1, 0.15) is 5.75 Å². The second-order valence-corrected chi connectivity index (χ2v) is 6.27. The Morgan fingerprint density at radius 1 is 1.26 bits per heavy atom. The van der Waals surface area contributed by atoms with Crippen molar-refractivity contribution in [3.8, 4) is 5.75 Å². The Morgan fingerprint density at radius 3 is 2.83 bits per heavy atom. The summed E-state index contributed by atoms with van der Waals surface area (Å²) in [4.78, 5) is 12.6. The van der Waals surface area contributed by atoms with E-state index in [9.17, 15) is 4.79 Å². The van der Waals surface area contributed by atoms with Gasteiger partial charge in [-0.1, -0.05) is 29.8 Å². The SMILES string of the molecule is COc1cccc2c1CCCC2NC(=O)c1cccc(Cl)c1C. The van der Waals surface area contributed by atoms with Gasteiger partial charge in [-0.25, -0.2) is 0 Å². The summed E-state index contributed by atoms with van der Waals surface area (Å²) in [6.07, 6.45) is 2.96. The monoisotopic (exact) mass is 329 g/mol. The van der Waals surface area contributed by atoms with Gasteiger partial charge in [0, 0.05) is 10.6 Å². The first-order chi connectivity index (χ1) is 11.1. The Hall–Kier alpha value is -2.00. The Morgan fingerprint density at radius 2 is 2.04 bits per heavy atom. The highest BCUT2D eigenvalue weighted by Gasteiger charge is 2.25. The smallest absolute Gasteiger partial charge is 0.252 e. The molecule has 0 aliphatic heterocycles. The van der Waals surface area contributed by atoms with Crippen LogP contribution >= 0.6 is 11.6 Å². The van der Waals surface area contributed by atoms with Crippen LogP contribution in [0, 0.1) is 6.92 Å². The molecular weight excluding hydrogens is 310 g/mol. The van der Waals surface area contributed by atoms with Gasteiger partial charge in [0.25, 0.3) is 5.91 Å². The second kappa shape index (κ2) is 6.63. The number of halogens is 1. The number of nitrogens with one attached hydrogen (secondary N) is 1. The van der Waals surface area contributed by atoms with Gasteiger partial charge in [0.2, 0.25) is 0 Å². The maximum absolute atomic E-state index is 12.6. The third-order valence-corrected chi connectivity index (χ3v) is 4.91. The molecule has 4 heteroatoms. The molecule has 1 unspecified atom stereocenters. The number of hydrogen-bond acceptors (Lipinski definition) is 2. The normalized spacial score (nSPS) is 16.6. The number of fused-ring (bicyclic) bond motifs is 1. The highest BCUT2D eigenvalue weighted by atomic mass is 35.5. The van der Waals surface area contributed by atoms with Crippen molar-refractivity contribution in [3.05, 3.63) is 63.7 Å². The lowest BCUT2D eigenvalue weighted by atomic mass is 9.87. The molecule has 0 saturated heterocycles. The Balaban J connectivity index is 1.88. The van der Waals surface area contributed by atoms with Crippen molar-refractivity contribution in [1.82, 2.24) is 5.32 Å². The van der Waals surface area contributed by atoms with Crippen molar-refractivity contribution in [3.63, 3.8) is 0 Å². The van der Waals surface area contributed by atoms with E-state index in [0.29, 0.717) is 10.6 Å². The number of amides is 1. The fourth-order valence-electron chi connectivity index (χ4n) is 3.25. The first-order valence-electron chi connectivity index (χ1n) is 7.83. The molecule has 1 N–H and O–H groups in total. The predicted octanol–water partition coefficient (Wildman–Crippen LogP) is 4.46. The molecule has 120 valence electrons. The fourth-order valence-corrected chi connectivity index (χ4v) is 3.42. The number of ether oxygens (including phenoxy) is 1. The molecule has 1 aliphatic rings. The summed E-state index contributed by atoms with van der Waals surface area (Å²) in [5, 5.41) is 3.77. The van der Waals surface area contributed by atoms with E-state index in [1.165, 1.54) is 5.56 Å². The quantitative estimate of drug-likeness (QED) is 0.902. The minimum Gasteiger partial charge on any atom is -0.496 e. The number of carbonyl (C=O) groups excluding carboxylic acids is 1. The minimum atomic E-state index is -0.0781. The van der Waals surface area contributed by atoms with E-state index < -0.39 is 0 Å². The first-order valence-corrected chi connectivity index (χ1v) is 8.21. The van der Waals surface area contributed by atoms with Crippen molar-refractivity contribution in [2.75, 3.05) is 7.11 Å². The number of methoxy groups -OCH3 is 1. The molecule has 2 aromatic rings. The molecule has 0 saturated carbocycles. The van der Waals surface area contributed by atoms with Crippen LogP contribution in [0.3, 0.4) is 0 Å². The molecule has 2 aromatic carbocycles. The summed E-state index contributed by atoms with van der Waals surface area (Å²) in [6, 6.07) is 11.5. The molecule has 1 aliphatic carbocycles. The molecule has 1 amide bonds. The van der Waals surface area contributed by atoms with E-state index in [0.717, 1.165) is 36.1 Å². The van der Waals surface area contributed by atoms with Crippen LogP contribution in [0.5, 0.6) is 5.75 Å². The Kier molecular flexibility index (Phi) is 4.58. The van der Waals surface area contributed by atoms with E-state index in [1.54, 1.807) is 13.2 Å². The van der Waals surface area contributed by atoms with Crippen LogP contribution < -0.4 is 10.1 Å². The van der Waals surface area contributed by atoms with Crippen LogP contribution in [0.25, 0.3) is 0 Å². The van der Waals surface area contributed by atoms with Gasteiger partial charge in [-0.15, -0.1) is 0 Å². The molecule has 0 fully saturated rings. The standard InChI is InChI=1S/C19H20ClNO2/c1-12-13(6-3-9-16(12)20)19(22)21-17-10-4-8-15-14(17)7-5-11-18(15)23-2/h3,5-7,9,11,17H,4,8,10H2,1-2H3,(H,21,22). The maximum Gasteiger partial charge on any atom is 0.252 e. The summed E-state index contributed by atoms with van der Waals surface area (Å²) in [6.45, 7) is 1.87. The summed E-state index contributed by atoms with van der Waals surface area (Å²) in [5.41, 5.74) is 3.80. The lowest BCUT2D eigenvalue weighted by Crippen LogP contribution is -2.31. The van der Waals surface area contributed by atoms with Gasteiger partial charge in [0.05, 0.1) is 13.2 Å². The Bertz CT molecular complexity index is 742. The van der Waals surface area contributed by atoms with Crippen molar-refractivity contribution < 1.29 is 9.53 Å². The molecule has 0 heterocycles. The summed E-state index contributed by atoms with van der Waals surface area (Å²) < 4.78 is 5.46. The van der Waals surface area contributed by atoms with Crippen LogP contribution in [0.4, 0.5) is 0 Å². The largest absolute Gasteiger partial charge is 0.496 e. The zero-order valence-electron chi connectivity index (χ0n) is 13.4. The third kappa shape index (κ3) is 3.06. The average molecular weight is 330 g/mol. The summed E-state index contributed by atoms with van der Waals surface area (Å²) in [5.74, 6) is 0.825. The molecule has 0 bridgehead atoms. The second-order valence-electron chi connectivity index (χ2n) is 5.86. The number of benzene rings is 2. The van der Waals surface area contributed by atoms with Crippen molar-refractivity contribution in [1.29, 1.82) is 0 Å². The third-order valence-electron chi connectivity index (χ3n) is 4.50. The number of carbonyl (C=O) groups is 1. The fraction of sp³-hybridized carbons (Fsp3) is 0.316. The zero-order chi connectivity index (χ0) is 16.4. The predicted molar refractivity (Wildman–Crippen MR) is 92.3 cm³/mol. The van der Waals surface area contributed by atoms with E-state index >= 15 is 0 Å². The highest BCUT2D eigenvalue weighted by Crippen LogP contribution is 2.35. The van der Waals surface area contributed by atoms with Crippen LogP contribution in [0.15, 0.2) is 36.4 Å². The van der Waals surface area contributed by atoms with E-state index in [1.807, 2.05) is 31.2 Å². The summed E-state index contributed by atoms with van der Waals surface area (Å²) >= 11 is 6.12. The van der Waals surface area contributed by atoms with Gasteiger partial charge in [-0.05, 0) is 61.1 Å². The summed E-state index contributed by atoms with van der Waals surface area (Å²) in [7, 11) is 1.69. The molecule has 0 radical (unpaired) electrons. The first kappa shape index (κ1) is 15.9. The maximum atomic E-state index is 12.6. The zero-order valence-corrected chi connectivity index (χ0v) is 14.1. The number of hydrogen-bond donors (Lipinski definition) is 1. The van der Waals surface area contributed by atoms with Gasteiger partial charge in [-0.2, -0.15) is 0 Å². The van der Waals surface area contributed by atoms with Gasteiger partial charge in [-0.3, -0.25) is 4.79 Å². The van der Waals surface area contributed by atoms with Crippen LogP contribution in [0.1, 0.15) is 45.9 Å². The molecular formula is C19H20ClNO2. The minimum absolute atomic E-state index is 0.0136. The molecule has 3 rings (SSSR count). The van der Waals surface area contributed by atoms with Crippen molar-refractivity contribution in [2.45, 2.75) is 32.2 Å². The van der Waals surface area contributed by atoms with E-state index in [-0.39, 0.29) is 11.9 Å². The van der Waals surface area contributed by atoms with E-state index in [2.05, 4.69) is 11.4 Å². The molecule has 0 spiro atoms. The van der Waals surface area contributed by atoms with E-state index in [4.69, 9.17) is 16.3 Å². The molecule has 1 atom stereocenters. The highest BCUT2D eigenvalue weighted by molar-refractivity contribution is 6.31. The Labute approximate surface area is 141 Å². The van der Waals surface area contributed by atoms with Crippen LogP contribution in [0.2, 0.25) is 5.02 Å². The average Bonchev–Trinajstić information content (AvgIpc) is 2.57. The van der Waals surface area contributed by atoms with Crippen LogP contribution in [-0.2, 0) is 6.42 Å². The number of rotatable bonds is 3. The van der Waals surface area contributed by atoms with Crippen LogP contribution in [-0.4, -0.2) is 13.0 Å². The molecule has 0 aromatic heterocycles. The van der Waals surface area contributed by atoms with Crippen molar-refractivity contribution >= 4 is 17.5 Å². The van der Waals surface area contributed by atoms with Crippen molar-refractivity contribution in [2.24, 2.45) is 0 Å². The molecule has 3 nitrogen and oxygen atoms in total. The topological polar surface area (TPSA) is 38.3 Å². The van der Waals surface area contributed by atoms with Gasteiger partial charge >= 0.3 is 0 Å². The molecule has 23 heavy (non-hydrogen) atoms.